The Labute approximate surface area is 123 Å². The predicted octanol–water partition coefficient (Wildman–Crippen LogP) is 0.952. The van der Waals surface area contributed by atoms with Crippen LogP contribution in [0.5, 0.6) is 0 Å². The molecule has 0 bridgehead atoms. The topological polar surface area (TPSA) is 69.6 Å². The average Bonchev–Trinajstić information content (AvgIpc) is 3.17. The highest BCUT2D eigenvalue weighted by molar-refractivity contribution is 6.40. The first-order chi connectivity index (χ1) is 10.1. The summed E-state index contributed by atoms with van der Waals surface area (Å²) in [5.41, 5.74) is 2.14. The number of rotatable bonds is 3. The van der Waals surface area contributed by atoms with Crippen LogP contribution in [-0.2, 0) is 15.0 Å². The van der Waals surface area contributed by atoms with Gasteiger partial charge >= 0.3 is 11.8 Å². The van der Waals surface area contributed by atoms with Crippen LogP contribution in [-0.4, -0.2) is 36.1 Å². The molecule has 1 heterocycles. The number of para-hydroxylation sites is 1. The van der Waals surface area contributed by atoms with Crippen molar-refractivity contribution in [3.05, 3.63) is 29.8 Å². The Morgan fingerprint density at radius 1 is 1.38 bits per heavy atom. The largest absolute Gasteiger partial charge is 0.396 e. The Hall–Kier alpha value is -1.88. The summed E-state index contributed by atoms with van der Waals surface area (Å²) in [5.74, 6) is -1.10. The van der Waals surface area contributed by atoms with E-state index in [4.69, 9.17) is 5.11 Å². The molecule has 2 N–H and O–H groups in total. The zero-order chi connectivity index (χ0) is 15.0. The molecule has 1 fully saturated rings. The lowest BCUT2D eigenvalue weighted by Crippen LogP contribution is -2.46. The van der Waals surface area contributed by atoms with Crippen molar-refractivity contribution < 1.29 is 14.7 Å². The molecule has 2 aliphatic rings. The monoisotopic (exact) mass is 288 g/mol. The van der Waals surface area contributed by atoms with E-state index >= 15 is 0 Å². The van der Waals surface area contributed by atoms with Crippen LogP contribution in [0.2, 0.25) is 0 Å². The molecule has 3 rings (SSSR count). The summed E-state index contributed by atoms with van der Waals surface area (Å²) in [7, 11) is 0. The van der Waals surface area contributed by atoms with Crippen LogP contribution in [0.15, 0.2) is 24.3 Å². The maximum atomic E-state index is 12.4. The highest BCUT2D eigenvalue weighted by Gasteiger charge is 2.53. The number of amides is 2. The Kier molecular flexibility index (Phi) is 3.45. The van der Waals surface area contributed by atoms with Crippen LogP contribution in [0.1, 0.15) is 31.7 Å². The predicted molar refractivity (Wildman–Crippen MR) is 79.0 cm³/mol. The van der Waals surface area contributed by atoms with Gasteiger partial charge in [-0.05, 0) is 37.8 Å². The number of nitrogens with one attached hydrogen (secondary N) is 1. The van der Waals surface area contributed by atoms with Crippen molar-refractivity contribution in [1.29, 1.82) is 0 Å². The van der Waals surface area contributed by atoms with E-state index in [9.17, 15) is 9.59 Å². The highest BCUT2D eigenvalue weighted by Crippen LogP contribution is 2.56. The van der Waals surface area contributed by atoms with Crippen molar-refractivity contribution in [2.24, 2.45) is 0 Å². The molecule has 21 heavy (non-hydrogen) atoms. The van der Waals surface area contributed by atoms with Crippen molar-refractivity contribution in [1.82, 2.24) is 5.32 Å². The molecule has 112 valence electrons. The van der Waals surface area contributed by atoms with Gasteiger partial charge in [0.05, 0.1) is 0 Å². The normalized spacial score (nSPS) is 19.2. The molecule has 0 radical (unpaired) electrons. The minimum absolute atomic E-state index is 0.00863. The molecular formula is C16H20N2O3. The minimum atomic E-state index is -0.594. The first-order valence-electron chi connectivity index (χ1n) is 7.40. The van der Waals surface area contributed by atoms with Crippen LogP contribution < -0.4 is 10.2 Å². The maximum absolute atomic E-state index is 12.4. The number of aliphatic hydroxyl groups is 1. The summed E-state index contributed by atoms with van der Waals surface area (Å²) in [6.45, 7) is 2.37. The molecule has 5 nitrogen and oxygen atoms in total. The van der Waals surface area contributed by atoms with Gasteiger partial charge in [-0.15, -0.1) is 0 Å². The summed E-state index contributed by atoms with van der Waals surface area (Å²) in [5, 5.41) is 11.5. The van der Waals surface area contributed by atoms with Crippen LogP contribution in [0.3, 0.4) is 0 Å². The van der Waals surface area contributed by atoms with Gasteiger partial charge in [-0.25, -0.2) is 0 Å². The van der Waals surface area contributed by atoms with Gasteiger partial charge in [-0.2, -0.15) is 0 Å². The van der Waals surface area contributed by atoms with E-state index in [1.54, 1.807) is 11.8 Å². The van der Waals surface area contributed by atoms with Crippen molar-refractivity contribution in [3.63, 3.8) is 0 Å². The molecule has 1 aliphatic carbocycles. The Balaban J connectivity index is 1.76. The van der Waals surface area contributed by atoms with Gasteiger partial charge in [0.1, 0.15) is 0 Å². The molecule has 1 aromatic rings. The van der Waals surface area contributed by atoms with E-state index in [-0.39, 0.29) is 18.1 Å². The molecule has 2 amide bonds. The van der Waals surface area contributed by atoms with E-state index in [0.29, 0.717) is 13.0 Å². The van der Waals surface area contributed by atoms with Crippen LogP contribution >= 0.6 is 0 Å². The summed E-state index contributed by atoms with van der Waals surface area (Å²) in [4.78, 5) is 26.1. The number of aliphatic hydroxyl groups excluding tert-OH is 1. The molecule has 1 atom stereocenters. The Morgan fingerprint density at radius 3 is 2.76 bits per heavy atom. The fourth-order valence-electron chi connectivity index (χ4n) is 3.06. The summed E-state index contributed by atoms with van der Waals surface area (Å²) in [6, 6.07) is 7.63. The third kappa shape index (κ3) is 2.42. The fourth-order valence-corrected chi connectivity index (χ4v) is 3.06. The van der Waals surface area contributed by atoms with Crippen LogP contribution in [0.25, 0.3) is 0 Å². The number of carbonyl (C=O) groups excluding carboxylic acids is 2. The van der Waals surface area contributed by atoms with Crippen molar-refractivity contribution in [2.75, 3.05) is 18.1 Å². The molecular weight excluding hydrogens is 268 g/mol. The van der Waals surface area contributed by atoms with Gasteiger partial charge in [-0.3, -0.25) is 9.59 Å². The van der Waals surface area contributed by atoms with Gasteiger partial charge in [0.15, 0.2) is 0 Å². The number of fused-ring (bicyclic) bond motifs is 2. The zero-order valence-corrected chi connectivity index (χ0v) is 12.1. The van der Waals surface area contributed by atoms with Gasteiger partial charge in [0.25, 0.3) is 0 Å². The SMILES string of the molecule is C[C@H](CCO)NC(=O)C(=O)N1CC2(CC2)c2ccccc21. The van der Waals surface area contributed by atoms with Gasteiger partial charge < -0.3 is 15.3 Å². The Bertz CT molecular complexity index is 581. The second-order valence-electron chi connectivity index (χ2n) is 6.08. The highest BCUT2D eigenvalue weighted by atomic mass is 16.3. The second-order valence-corrected chi connectivity index (χ2v) is 6.08. The lowest BCUT2D eigenvalue weighted by atomic mass is 9.99. The molecule has 0 saturated heterocycles. The second kappa shape index (κ2) is 5.15. The molecule has 1 aromatic carbocycles. The van der Waals surface area contributed by atoms with Gasteiger partial charge in [-0.1, -0.05) is 18.2 Å². The van der Waals surface area contributed by atoms with Crippen LogP contribution in [0.4, 0.5) is 5.69 Å². The van der Waals surface area contributed by atoms with E-state index in [2.05, 4.69) is 11.4 Å². The minimum Gasteiger partial charge on any atom is -0.396 e. The van der Waals surface area contributed by atoms with E-state index in [0.717, 1.165) is 18.5 Å². The summed E-state index contributed by atoms with van der Waals surface area (Å²) in [6.07, 6.45) is 2.60. The molecule has 0 aromatic heterocycles. The number of benzene rings is 1. The fraction of sp³-hybridized carbons (Fsp3) is 0.500. The molecule has 5 heteroatoms. The van der Waals surface area contributed by atoms with E-state index in [1.807, 2.05) is 18.2 Å². The lowest BCUT2D eigenvalue weighted by Gasteiger charge is -2.19. The molecule has 1 aliphatic heterocycles. The van der Waals surface area contributed by atoms with Gasteiger partial charge in [0.2, 0.25) is 0 Å². The standard InChI is InChI=1S/C16H20N2O3/c1-11(6-9-19)17-14(20)15(21)18-10-16(7-8-16)12-4-2-3-5-13(12)18/h2-5,11,19H,6-10H2,1H3,(H,17,20)/t11-/m1/s1. The summed E-state index contributed by atoms with van der Waals surface area (Å²) >= 11 is 0. The molecule has 1 saturated carbocycles. The third-order valence-electron chi connectivity index (χ3n) is 4.46. The average molecular weight is 288 g/mol. The van der Waals surface area contributed by atoms with Crippen LogP contribution in [0, 0.1) is 0 Å². The number of nitrogens with zero attached hydrogens (tertiary/aromatic N) is 1. The first kappa shape index (κ1) is 14.1. The lowest BCUT2D eigenvalue weighted by molar-refractivity contribution is -0.138. The molecule has 1 spiro atoms. The number of hydrogen-bond acceptors (Lipinski definition) is 3. The number of hydrogen-bond donors (Lipinski definition) is 2. The summed E-state index contributed by atoms with van der Waals surface area (Å²) < 4.78 is 0. The first-order valence-corrected chi connectivity index (χ1v) is 7.40. The van der Waals surface area contributed by atoms with Crippen molar-refractivity contribution in [2.45, 2.75) is 37.6 Å². The zero-order valence-electron chi connectivity index (χ0n) is 12.1. The number of carbonyl (C=O) groups is 2. The number of anilines is 1. The maximum Gasteiger partial charge on any atom is 0.316 e. The van der Waals surface area contributed by atoms with Crippen molar-refractivity contribution >= 4 is 17.5 Å². The molecule has 0 unspecified atom stereocenters. The van der Waals surface area contributed by atoms with E-state index < -0.39 is 11.8 Å². The Morgan fingerprint density at radius 2 is 2.10 bits per heavy atom. The van der Waals surface area contributed by atoms with Crippen molar-refractivity contribution in [3.8, 4) is 0 Å². The smallest absolute Gasteiger partial charge is 0.316 e. The van der Waals surface area contributed by atoms with Gasteiger partial charge in [0, 0.05) is 30.3 Å². The third-order valence-corrected chi connectivity index (χ3v) is 4.46. The van der Waals surface area contributed by atoms with E-state index in [1.165, 1.54) is 5.56 Å². The quantitative estimate of drug-likeness (QED) is 0.814.